The number of phenols is 2. The predicted octanol–water partition coefficient (Wildman–Crippen LogP) is 5.23. The van der Waals surface area contributed by atoms with E-state index in [2.05, 4.69) is 6.92 Å². The lowest BCUT2D eigenvalue weighted by atomic mass is 9.82. The summed E-state index contributed by atoms with van der Waals surface area (Å²) in [5.74, 6) is 0.713. The van der Waals surface area contributed by atoms with E-state index in [1.165, 1.54) is 25.0 Å². The monoisotopic (exact) mass is 398 g/mol. The highest BCUT2D eigenvalue weighted by molar-refractivity contribution is 5.89. The molecule has 0 radical (unpaired) electrons. The first-order chi connectivity index (χ1) is 14.1. The van der Waals surface area contributed by atoms with Crippen molar-refractivity contribution in [1.29, 1.82) is 0 Å². The quantitative estimate of drug-likeness (QED) is 0.447. The molecular formula is C24H30O5. The van der Waals surface area contributed by atoms with E-state index < -0.39 is 0 Å². The van der Waals surface area contributed by atoms with E-state index in [-0.39, 0.29) is 23.6 Å². The van der Waals surface area contributed by atoms with Gasteiger partial charge in [0.1, 0.15) is 11.5 Å². The van der Waals surface area contributed by atoms with Crippen molar-refractivity contribution >= 4 is 5.97 Å². The second-order valence-corrected chi connectivity index (χ2v) is 7.74. The number of unbranched alkanes of at least 4 members (excludes halogenated alkanes) is 2. The van der Waals surface area contributed by atoms with Gasteiger partial charge in [0.2, 0.25) is 0 Å². The Morgan fingerprint density at radius 2 is 1.66 bits per heavy atom. The van der Waals surface area contributed by atoms with Gasteiger partial charge in [0.15, 0.2) is 0 Å². The number of esters is 1. The zero-order valence-electron chi connectivity index (χ0n) is 16.9. The Kier molecular flexibility index (Phi) is 7.53. The van der Waals surface area contributed by atoms with Crippen molar-refractivity contribution in [3.8, 4) is 11.5 Å². The molecule has 1 saturated heterocycles. The van der Waals surface area contributed by atoms with Crippen molar-refractivity contribution in [2.24, 2.45) is 11.8 Å². The Morgan fingerprint density at radius 3 is 2.31 bits per heavy atom. The highest BCUT2D eigenvalue weighted by Gasteiger charge is 2.37. The van der Waals surface area contributed by atoms with Crippen molar-refractivity contribution in [3.05, 3.63) is 59.7 Å². The molecule has 0 spiro atoms. The lowest BCUT2D eigenvalue weighted by Crippen LogP contribution is -2.18. The highest BCUT2D eigenvalue weighted by Crippen LogP contribution is 2.43. The summed E-state index contributed by atoms with van der Waals surface area (Å²) in [5, 5.41) is 18.9. The van der Waals surface area contributed by atoms with Crippen LogP contribution >= 0.6 is 0 Å². The molecule has 1 aliphatic heterocycles. The Balaban J connectivity index is 1.58. The molecule has 5 nitrogen and oxygen atoms in total. The molecule has 29 heavy (non-hydrogen) atoms. The lowest BCUT2D eigenvalue weighted by Gasteiger charge is -2.23. The summed E-state index contributed by atoms with van der Waals surface area (Å²) in [5.41, 5.74) is 1.53. The Labute approximate surface area is 172 Å². The second kappa shape index (κ2) is 10.3. The molecule has 5 heteroatoms. The number of ether oxygens (including phenoxy) is 2. The van der Waals surface area contributed by atoms with Crippen molar-refractivity contribution in [2.45, 2.75) is 45.1 Å². The SMILES string of the molecule is CCCCCC1C(CCOC(=O)c2ccc(O)cc2)COC1c1ccc(O)cc1. The molecule has 3 atom stereocenters. The van der Waals surface area contributed by atoms with Crippen LogP contribution in [0.1, 0.15) is 61.1 Å². The largest absolute Gasteiger partial charge is 0.508 e. The van der Waals surface area contributed by atoms with Gasteiger partial charge in [0.25, 0.3) is 0 Å². The van der Waals surface area contributed by atoms with E-state index in [1.54, 1.807) is 24.3 Å². The number of hydrogen-bond acceptors (Lipinski definition) is 5. The molecule has 0 aliphatic carbocycles. The first-order valence-electron chi connectivity index (χ1n) is 10.4. The average molecular weight is 398 g/mol. The summed E-state index contributed by atoms with van der Waals surface area (Å²) in [7, 11) is 0. The Morgan fingerprint density at radius 1 is 1.00 bits per heavy atom. The first kappa shape index (κ1) is 21.2. The summed E-state index contributed by atoms with van der Waals surface area (Å²) in [6.45, 7) is 3.20. The molecule has 0 bridgehead atoms. The third kappa shape index (κ3) is 5.73. The molecule has 2 N–H and O–H groups in total. The number of hydrogen-bond donors (Lipinski definition) is 2. The lowest BCUT2D eigenvalue weighted by molar-refractivity contribution is 0.0472. The van der Waals surface area contributed by atoms with Crippen LogP contribution in [-0.2, 0) is 9.47 Å². The molecule has 1 fully saturated rings. The minimum Gasteiger partial charge on any atom is -0.508 e. The minimum absolute atomic E-state index is 0.0188. The fourth-order valence-corrected chi connectivity index (χ4v) is 4.03. The van der Waals surface area contributed by atoms with Crippen molar-refractivity contribution < 1.29 is 24.5 Å². The van der Waals surface area contributed by atoms with Gasteiger partial charge in [0, 0.05) is 0 Å². The minimum atomic E-state index is -0.374. The van der Waals surface area contributed by atoms with Crippen LogP contribution in [0, 0.1) is 11.8 Å². The zero-order valence-corrected chi connectivity index (χ0v) is 16.9. The predicted molar refractivity (Wildman–Crippen MR) is 111 cm³/mol. The van der Waals surface area contributed by atoms with Gasteiger partial charge in [-0.25, -0.2) is 4.79 Å². The van der Waals surface area contributed by atoms with Gasteiger partial charge in [-0.1, -0.05) is 38.3 Å². The van der Waals surface area contributed by atoms with E-state index in [0.29, 0.717) is 30.6 Å². The fraction of sp³-hybridized carbons (Fsp3) is 0.458. The number of benzene rings is 2. The summed E-state index contributed by atoms with van der Waals surface area (Å²) in [6.07, 6.45) is 5.38. The normalized spacial score (nSPS) is 21.2. The van der Waals surface area contributed by atoms with Crippen molar-refractivity contribution in [3.63, 3.8) is 0 Å². The third-order valence-electron chi connectivity index (χ3n) is 5.67. The maximum atomic E-state index is 12.2. The first-order valence-corrected chi connectivity index (χ1v) is 10.4. The molecule has 2 aromatic rings. The Hall–Kier alpha value is -2.53. The van der Waals surface area contributed by atoms with E-state index in [4.69, 9.17) is 9.47 Å². The number of carbonyl (C=O) groups excluding carboxylic acids is 1. The van der Waals surface area contributed by atoms with Crippen LogP contribution in [-0.4, -0.2) is 29.4 Å². The molecule has 156 valence electrons. The van der Waals surface area contributed by atoms with Crippen LogP contribution in [0.25, 0.3) is 0 Å². The van der Waals surface area contributed by atoms with E-state index >= 15 is 0 Å². The summed E-state index contributed by atoms with van der Waals surface area (Å²) >= 11 is 0. The van der Waals surface area contributed by atoms with Crippen LogP contribution < -0.4 is 0 Å². The molecule has 3 unspecified atom stereocenters. The van der Waals surface area contributed by atoms with Crippen molar-refractivity contribution in [2.75, 3.05) is 13.2 Å². The molecular weight excluding hydrogens is 368 g/mol. The van der Waals surface area contributed by atoms with E-state index in [9.17, 15) is 15.0 Å². The van der Waals surface area contributed by atoms with Gasteiger partial charge < -0.3 is 19.7 Å². The van der Waals surface area contributed by atoms with E-state index in [1.807, 2.05) is 12.1 Å². The highest BCUT2D eigenvalue weighted by atomic mass is 16.5. The van der Waals surface area contributed by atoms with Crippen LogP contribution in [0.15, 0.2) is 48.5 Å². The number of phenolic OH excluding ortho intramolecular Hbond substituents is 2. The van der Waals surface area contributed by atoms with Gasteiger partial charge in [-0.2, -0.15) is 0 Å². The van der Waals surface area contributed by atoms with Gasteiger partial charge in [-0.15, -0.1) is 0 Å². The summed E-state index contributed by atoms with van der Waals surface area (Å²) in [6, 6.07) is 13.3. The standard InChI is InChI=1S/C24H30O5/c1-2-3-4-5-22-19(16-29-23(22)17-6-10-20(25)11-7-17)14-15-28-24(27)18-8-12-21(26)13-9-18/h6-13,19,22-23,25-26H,2-5,14-16H2,1H3. The van der Waals surface area contributed by atoms with Gasteiger partial charge in [-0.05, 0) is 66.6 Å². The summed E-state index contributed by atoms with van der Waals surface area (Å²) in [4.78, 5) is 12.2. The molecule has 2 aromatic carbocycles. The maximum Gasteiger partial charge on any atom is 0.338 e. The third-order valence-corrected chi connectivity index (χ3v) is 5.67. The van der Waals surface area contributed by atoms with Crippen LogP contribution in [0.5, 0.6) is 11.5 Å². The average Bonchev–Trinajstić information content (AvgIpc) is 3.12. The fourth-order valence-electron chi connectivity index (χ4n) is 4.03. The van der Waals surface area contributed by atoms with Crippen LogP contribution in [0.4, 0.5) is 0 Å². The topological polar surface area (TPSA) is 76.0 Å². The maximum absolute atomic E-state index is 12.2. The Bertz CT molecular complexity index is 769. The zero-order chi connectivity index (χ0) is 20.6. The molecule has 1 aliphatic rings. The number of carbonyl (C=O) groups is 1. The molecule has 3 rings (SSSR count). The second-order valence-electron chi connectivity index (χ2n) is 7.74. The molecule has 0 aromatic heterocycles. The number of rotatable bonds is 9. The molecule has 0 amide bonds. The number of aromatic hydroxyl groups is 2. The van der Waals surface area contributed by atoms with Crippen molar-refractivity contribution in [1.82, 2.24) is 0 Å². The van der Waals surface area contributed by atoms with Gasteiger partial charge in [0.05, 0.1) is 24.9 Å². The van der Waals surface area contributed by atoms with Gasteiger partial charge >= 0.3 is 5.97 Å². The van der Waals surface area contributed by atoms with Gasteiger partial charge in [-0.3, -0.25) is 0 Å². The van der Waals surface area contributed by atoms with Crippen LogP contribution in [0.2, 0.25) is 0 Å². The van der Waals surface area contributed by atoms with Crippen LogP contribution in [0.3, 0.4) is 0 Å². The van der Waals surface area contributed by atoms with E-state index in [0.717, 1.165) is 24.8 Å². The summed E-state index contributed by atoms with van der Waals surface area (Å²) < 4.78 is 11.6. The molecule has 0 saturated carbocycles. The smallest absolute Gasteiger partial charge is 0.338 e. The molecule has 1 heterocycles.